The Morgan fingerprint density at radius 1 is 1.57 bits per heavy atom. The summed E-state index contributed by atoms with van der Waals surface area (Å²) in [5.41, 5.74) is 0.806. The molecule has 2 aromatic rings. The first-order valence-electron chi connectivity index (χ1n) is 3.76. The Morgan fingerprint density at radius 2 is 2.29 bits per heavy atom. The van der Waals surface area contributed by atoms with Gasteiger partial charge in [-0.05, 0) is 12.1 Å². The number of fused-ring (bicyclic) bond motifs is 1. The molecule has 0 bridgehead atoms. The van der Waals surface area contributed by atoms with Crippen molar-refractivity contribution in [1.82, 2.24) is 4.98 Å². The van der Waals surface area contributed by atoms with E-state index in [2.05, 4.69) is 4.98 Å². The molecule has 0 saturated carbocycles. The van der Waals surface area contributed by atoms with Crippen LogP contribution in [0.4, 0.5) is 0 Å². The zero-order chi connectivity index (χ0) is 10.3. The number of aryl methyl sites for hydroxylation is 1. The van der Waals surface area contributed by atoms with Gasteiger partial charge in [0.15, 0.2) is 22.6 Å². The topological polar surface area (TPSA) is 63.3 Å². The average molecular weight is 232 g/mol. The van der Waals surface area contributed by atoms with Crippen LogP contribution in [0.3, 0.4) is 0 Å². The minimum absolute atomic E-state index is 0.0739. The number of hydrogen-bond acceptors (Lipinski definition) is 3. The first-order chi connectivity index (χ1) is 6.59. The molecule has 0 aliphatic heterocycles. The van der Waals surface area contributed by atoms with Crippen molar-refractivity contribution in [3.05, 3.63) is 23.0 Å². The van der Waals surface area contributed by atoms with E-state index in [1.54, 1.807) is 13.0 Å². The summed E-state index contributed by atoms with van der Waals surface area (Å²) in [6, 6.07) is 3.17. The molecule has 74 valence electrons. The molecule has 0 amide bonds. The van der Waals surface area contributed by atoms with Crippen LogP contribution in [-0.2, 0) is 11.1 Å². The molecule has 0 aliphatic rings. The van der Waals surface area contributed by atoms with Gasteiger partial charge < -0.3 is 8.97 Å². The van der Waals surface area contributed by atoms with E-state index in [-0.39, 0.29) is 15.5 Å². The first kappa shape index (κ1) is 9.64. The summed E-state index contributed by atoms with van der Waals surface area (Å²) in [6.45, 7) is 1.66. The zero-order valence-corrected chi connectivity index (χ0v) is 8.72. The highest BCUT2D eigenvalue weighted by atomic mass is 35.5. The smallest absolute Gasteiger partial charge is 0.192 e. The second-order valence-electron chi connectivity index (χ2n) is 2.71. The van der Waals surface area contributed by atoms with Crippen LogP contribution in [0.25, 0.3) is 11.1 Å². The van der Waals surface area contributed by atoms with E-state index in [1.807, 2.05) is 0 Å². The van der Waals surface area contributed by atoms with Crippen LogP contribution in [0.15, 0.2) is 21.4 Å². The summed E-state index contributed by atoms with van der Waals surface area (Å²) in [6.07, 6.45) is 0. The molecule has 1 heterocycles. The van der Waals surface area contributed by atoms with Gasteiger partial charge in [0.2, 0.25) is 0 Å². The molecule has 0 saturated heterocycles. The Morgan fingerprint density at radius 3 is 2.93 bits per heavy atom. The monoisotopic (exact) mass is 231 g/mol. The van der Waals surface area contributed by atoms with Gasteiger partial charge in [0.25, 0.3) is 0 Å². The minimum Gasteiger partial charge on any atom is -0.440 e. The largest absolute Gasteiger partial charge is 0.440 e. The van der Waals surface area contributed by atoms with E-state index in [0.717, 1.165) is 0 Å². The molecule has 6 heteroatoms. The number of nitrogens with zero attached hydrogens (tertiary/aromatic N) is 1. The second kappa shape index (κ2) is 3.34. The number of aromatic nitrogens is 1. The minimum atomic E-state index is -2.17. The first-order valence-corrected chi connectivity index (χ1v) is 5.24. The summed E-state index contributed by atoms with van der Waals surface area (Å²) in [4.78, 5) is 4.10. The van der Waals surface area contributed by atoms with Gasteiger partial charge >= 0.3 is 0 Å². The summed E-state index contributed by atoms with van der Waals surface area (Å²) >= 11 is 3.60. The molecule has 14 heavy (non-hydrogen) atoms. The Hall–Kier alpha value is -0.910. The summed E-state index contributed by atoms with van der Waals surface area (Å²) in [5.74, 6) is 0.439. The molecular weight excluding hydrogens is 226 g/mol. The third-order valence-corrected chi connectivity index (χ3v) is 2.93. The van der Waals surface area contributed by atoms with Crippen LogP contribution in [0.1, 0.15) is 5.89 Å². The molecule has 1 aromatic carbocycles. The maximum atomic E-state index is 11.0. The molecule has 1 N–H and O–H groups in total. The van der Waals surface area contributed by atoms with Crippen molar-refractivity contribution in [2.75, 3.05) is 0 Å². The summed E-state index contributed by atoms with van der Waals surface area (Å²) in [5, 5.41) is 0.203. The molecule has 1 aromatic heterocycles. The summed E-state index contributed by atoms with van der Waals surface area (Å²) < 4.78 is 25.2. The maximum Gasteiger partial charge on any atom is 0.192 e. The van der Waals surface area contributed by atoms with E-state index >= 15 is 0 Å². The van der Waals surface area contributed by atoms with E-state index < -0.39 is 11.1 Å². The van der Waals surface area contributed by atoms with E-state index in [4.69, 9.17) is 20.6 Å². The van der Waals surface area contributed by atoms with Gasteiger partial charge in [-0.15, -0.1) is 0 Å². The second-order valence-corrected chi connectivity index (χ2v) is 4.02. The van der Waals surface area contributed by atoms with Gasteiger partial charge in [-0.1, -0.05) is 11.6 Å². The predicted molar refractivity (Wildman–Crippen MR) is 52.8 cm³/mol. The fourth-order valence-electron chi connectivity index (χ4n) is 1.22. The van der Waals surface area contributed by atoms with Gasteiger partial charge in [-0.3, -0.25) is 0 Å². The molecule has 1 atom stereocenters. The number of rotatable bonds is 1. The number of oxazole rings is 1. The third kappa shape index (κ3) is 1.43. The van der Waals surface area contributed by atoms with E-state index in [1.165, 1.54) is 6.07 Å². The lowest BCUT2D eigenvalue weighted by atomic mass is 10.3. The number of hydrogen-bond donors (Lipinski definition) is 1. The van der Waals surface area contributed by atoms with Crippen molar-refractivity contribution < 1.29 is 13.2 Å². The van der Waals surface area contributed by atoms with Crippen molar-refractivity contribution in [2.24, 2.45) is 0 Å². The van der Waals surface area contributed by atoms with Crippen molar-refractivity contribution in [3.8, 4) is 0 Å². The van der Waals surface area contributed by atoms with Gasteiger partial charge in [0, 0.05) is 6.92 Å². The lowest BCUT2D eigenvalue weighted by Gasteiger charge is -1.97. The number of halogens is 1. The van der Waals surface area contributed by atoms with Gasteiger partial charge in [0.1, 0.15) is 10.4 Å². The molecule has 2 rings (SSSR count). The van der Waals surface area contributed by atoms with E-state index in [0.29, 0.717) is 11.4 Å². The normalized spacial score (nSPS) is 13.4. The molecule has 4 nitrogen and oxygen atoms in total. The van der Waals surface area contributed by atoms with Crippen LogP contribution in [0.5, 0.6) is 0 Å². The average Bonchev–Trinajstić information content (AvgIpc) is 2.43. The Kier molecular flexibility index (Phi) is 2.30. The quantitative estimate of drug-likeness (QED) is 0.766. The van der Waals surface area contributed by atoms with Crippen molar-refractivity contribution in [1.29, 1.82) is 0 Å². The van der Waals surface area contributed by atoms with Gasteiger partial charge in [-0.2, -0.15) is 0 Å². The third-order valence-electron chi connectivity index (χ3n) is 1.75. The molecule has 0 spiro atoms. The van der Waals surface area contributed by atoms with E-state index in [9.17, 15) is 4.21 Å². The highest BCUT2D eigenvalue weighted by Gasteiger charge is 2.15. The lowest BCUT2D eigenvalue weighted by molar-refractivity contribution is 0.543. The van der Waals surface area contributed by atoms with Crippen LogP contribution in [-0.4, -0.2) is 13.7 Å². The molecule has 1 unspecified atom stereocenters. The van der Waals surface area contributed by atoms with Crippen LogP contribution in [0.2, 0.25) is 5.02 Å². The highest BCUT2D eigenvalue weighted by molar-refractivity contribution is 7.79. The van der Waals surface area contributed by atoms with Gasteiger partial charge in [0.05, 0.1) is 5.02 Å². The van der Waals surface area contributed by atoms with Crippen molar-refractivity contribution in [3.63, 3.8) is 0 Å². The Balaban J connectivity index is 2.88. The fraction of sp³-hybridized carbons (Fsp3) is 0.125. The van der Waals surface area contributed by atoms with Crippen molar-refractivity contribution in [2.45, 2.75) is 11.8 Å². The Bertz CT molecular complexity index is 523. The molecule has 0 radical (unpaired) electrons. The standard InChI is InChI=1S/C8H6ClNO3S/c1-4-10-6-3-2-5(9)8(14(11)12)7(6)13-4/h2-3H,1H3,(H,11,12). The SMILES string of the molecule is Cc1nc2ccc(Cl)c(S(=O)O)c2o1. The van der Waals surface area contributed by atoms with Crippen molar-refractivity contribution >= 4 is 33.8 Å². The highest BCUT2D eigenvalue weighted by Crippen LogP contribution is 2.28. The summed E-state index contributed by atoms with van der Waals surface area (Å²) in [7, 11) is 0. The van der Waals surface area contributed by atoms with Gasteiger partial charge in [-0.25, -0.2) is 9.19 Å². The molecular formula is C8H6ClNO3S. The van der Waals surface area contributed by atoms with Crippen LogP contribution in [0, 0.1) is 6.92 Å². The zero-order valence-electron chi connectivity index (χ0n) is 7.15. The predicted octanol–water partition coefficient (Wildman–Crippen LogP) is 2.37. The maximum absolute atomic E-state index is 11.0. The molecule has 0 fully saturated rings. The van der Waals surface area contributed by atoms with Crippen LogP contribution >= 0.6 is 11.6 Å². The molecule has 0 aliphatic carbocycles. The van der Waals surface area contributed by atoms with Crippen LogP contribution < -0.4 is 0 Å². The lowest BCUT2D eigenvalue weighted by Crippen LogP contribution is -1.90. The number of benzene rings is 1. The fourth-order valence-corrected chi connectivity index (χ4v) is 2.10. The Labute approximate surface area is 87.2 Å².